The van der Waals surface area contributed by atoms with E-state index in [1.165, 1.54) is 0 Å². The van der Waals surface area contributed by atoms with Crippen LogP contribution in [-0.4, -0.2) is 20.4 Å². The third-order valence-corrected chi connectivity index (χ3v) is 0.985. The minimum Gasteiger partial charge on any atom is -0.307 e. The number of hydrogen-bond acceptors (Lipinski definition) is 3. The maximum absolute atomic E-state index is 8.00. The Morgan fingerprint density at radius 1 is 0.786 bits per heavy atom. The Bertz CT molecular complexity index is 180. The van der Waals surface area contributed by atoms with Crippen molar-refractivity contribution in [2.45, 2.75) is 0 Å². The fourth-order valence-electron chi connectivity index (χ4n) is 0.415. The second kappa shape index (κ2) is 29.6. The van der Waals surface area contributed by atoms with Crippen LogP contribution in [0.4, 0.5) is 0 Å². The van der Waals surface area contributed by atoms with Gasteiger partial charge in [0, 0.05) is 22.1 Å². The van der Waals surface area contributed by atoms with E-state index in [1.54, 1.807) is 0 Å². The van der Waals surface area contributed by atoms with E-state index in [2.05, 4.69) is 0 Å². The van der Waals surface area contributed by atoms with Crippen molar-refractivity contribution in [2.75, 3.05) is 0 Å². The van der Waals surface area contributed by atoms with E-state index < -0.39 is 0 Å². The minimum atomic E-state index is 0. The van der Waals surface area contributed by atoms with E-state index in [4.69, 9.17) is 26.0 Å². The fraction of sp³-hybridized carbons (Fsp3) is 0. The van der Waals surface area contributed by atoms with E-state index >= 15 is 0 Å². The average molecular weight is 258 g/mol. The van der Waals surface area contributed by atoms with Crippen molar-refractivity contribution < 1.29 is 31.5 Å². The Morgan fingerprint density at radius 2 is 1.07 bits per heavy atom. The van der Waals surface area contributed by atoms with E-state index in [1.807, 2.05) is 50.7 Å². The largest absolute Gasteiger partial charge is 0.307 e. The molecule has 0 unspecified atom stereocenters. The zero-order chi connectivity index (χ0) is 11.1. The van der Waals surface area contributed by atoms with Gasteiger partial charge in [0.25, 0.3) is 0 Å². The maximum Gasteiger partial charge on any atom is 0.106 e. The van der Waals surface area contributed by atoms with Gasteiger partial charge in [0.2, 0.25) is 0 Å². The summed E-state index contributed by atoms with van der Waals surface area (Å²) in [5, 5.41) is 0.794. The zero-order valence-corrected chi connectivity index (χ0v) is 9.43. The molecule has 0 bridgehead atoms. The third kappa shape index (κ3) is 22.5. The van der Waals surface area contributed by atoms with Crippen LogP contribution in [0.3, 0.4) is 0 Å². The molecule has 1 rings (SSSR count). The Labute approximate surface area is 98.9 Å². The van der Waals surface area contributed by atoms with Gasteiger partial charge in [-0.3, -0.25) is 0 Å². The Morgan fingerprint density at radius 3 is 1.21 bits per heavy atom. The fourth-order valence-corrected chi connectivity index (χ4v) is 0.560. The molecule has 0 amide bonds. The van der Waals surface area contributed by atoms with Gasteiger partial charge in [-0.05, 0) is 12.1 Å². The quantitative estimate of drug-likeness (QED) is 0.666. The molecule has 0 saturated heterocycles. The molecular formula is C9H11ClMnO3. The molecule has 3 nitrogen and oxygen atoms in total. The molecule has 0 aliphatic rings. The van der Waals surface area contributed by atoms with E-state index in [0.717, 1.165) is 5.02 Å². The molecule has 0 aliphatic heterocycles. The van der Waals surface area contributed by atoms with Gasteiger partial charge in [-0.2, -0.15) is 0 Å². The summed E-state index contributed by atoms with van der Waals surface area (Å²) in [6, 6.07) is 9.44. The van der Waals surface area contributed by atoms with Crippen molar-refractivity contribution in [1.82, 2.24) is 0 Å². The summed E-state index contributed by atoms with van der Waals surface area (Å²) in [6.45, 7) is 6.00. The van der Waals surface area contributed by atoms with Crippen LogP contribution in [0, 0.1) is 0 Å². The van der Waals surface area contributed by atoms with Crippen molar-refractivity contribution in [2.24, 2.45) is 0 Å². The van der Waals surface area contributed by atoms with Crippen molar-refractivity contribution in [3.8, 4) is 0 Å². The van der Waals surface area contributed by atoms with E-state index in [9.17, 15) is 0 Å². The SMILES string of the molecule is C=O.C=O.C=O.Clc1ccccc1.[Mn]. The molecule has 1 aromatic rings. The maximum atomic E-state index is 8.00. The van der Waals surface area contributed by atoms with Crippen LogP contribution in [0.15, 0.2) is 30.3 Å². The molecule has 0 N–H and O–H groups in total. The van der Waals surface area contributed by atoms with Crippen molar-refractivity contribution >= 4 is 32.0 Å². The van der Waals surface area contributed by atoms with Crippen LogP contribution < -0.4 is 0 Å². The van der Waals surface area contributed by atoms with Gasteiger partial charge in [0.05, 0.1) is 0 Å². The van der Waals surface area contributed by atoms with Crippen LogP contribution >= 0.6 is 11.6 Å². The van der Waals surface area contributed by atoms with Gasteiger partial charge in [0.1, 0.15) is 20.4 Å². The predicted octanol–water partition coefficient (Wildman–Crippen LogP) is 1.78. The van der Waals surface area contributed by atoms with Gasteiger partial charge in [-0.15, -0.1) is 0 Å². The summed E-state index contributed by atoms with van der Waals surface area (Å²) in [5.74, 6) is 0. The number of benzene rings is 1. The monoisotopic (exact) mass is 257 g/mol. The molecule has 0 fully saturated rings. The number of halogens is 1. The molecule has 79 valence electrons. The number of carbonyl (C=O) groups excluding carboxylic acids is 3. The Hall–Kier alpha value is -0.961. The first-order chi connectivity index (χ1) is 6.39. The van der Waals surface area contributed by atoms with Crippen LogP contribution in [0.1, 0.15) is 0 Å². The second-order valence-electron chi connectivity index (χ2n) is 1.30. The van der Waals surface area contributed by atoms with Gasteiger partial charge in [-0.1, -0.05) is 29.8 Å². The molecule has 0 aromatic heterocycles. The van der Waals surface area contributed by atoms with Crippen LogP contribution in [-0.2, 0) is 31.5 Å². The molecule has 0 heterocycles. The first-order valence-corrected chi connectivity index (χ1v) is 3.34. The van der Waals surface area contributed by atoms with Gasteiger partial charge >= 0.3 is 0 Å². The standard InChI is InChI=1S/C6H5Cl.3CH2O.Mn/c7-6-4-2-1-3-5-6;3*1-2;/h1-5H;3*1H2;. The molecule has 0 saturated carbocycles. The summed E-state index contributed by atoms with van der Waals surface area (Å²) in [4.78, 5) is 24.0. The number of hydrogen-bond donors (Lipinski definition) is 0. The minimum absolute atomic E-state index is 0. The van der Waals surface area contributed by atoms with Crippen LogP contribution in [0.5, 0.6) is 0 Å². The molecule has 1 aromatic carbocycles. The molecule has 1 radical (unpaired) electrons. The van der Waals surface area contributed by atoms with Crippen molar-refractivity contribution in [3.05, 3.63) is 35.4 Å². The summed E-state index contributed by atoms with van der Waals surface area (Å²) in [5.41, 5.74) is 0. The molecule has 5 heteroatoms. The summed E-state index contributed by atoms with van der Waals surface area (Å²) < 4.78 is 0. The Balaban J connectivity index is -0.0000000625. The summed E-state index contributed by atoms with van der Waals surface area (Å²) in [7, 11) is 0. The molecule has 14 heavy (non-hydrogen) atoms. The number of rotatable bonds is 0. The first-order valence-electron chi connectivity index (χ1n) is 2.97. The second-order valence-corrected chi connectivity index (χ2v) is 1.73. The molecule has 0 atom stereocenters. The number of carbonyl (C=O) groups is 3. The molecular weight excluding hydrogens is 246 g/mol. The molecule has 0 spiro atoms. The predicted molar refractivity (Wildman–Crippen MR) is 52.8 cm³/mol. The summed E-state index contributed by atoms with van der Waals surface area (Å²) >= 11 is 5.54. The smallest absolute Gasteiger partial charge is 0.106 e. The van der Waals surface area contributed by atoms with Gasteiger partial charge < -0.3 is 14.4 Å². The average Bonchev–Trinajstić information content (AvgIpc) is 2.28. The molecule has 0 aliphatic carbocycles. The normalized spacial score (nSPS) is 5.21. The zero-order valence-electron chi connectivity index (χ0n) is 7.49. The Kier molecular flexibility index (Phi) is 48.9. The van der Waals surface area contributed by atoms with Crippen LogP contribution in [0.2, 0.25) is 5.02 Å². The van der Waals surface area contributed by atoms with E-state index in [0.29, 0.717) is 0 Å². The van der Waals surface area contributed by atoms with Crippen LogP contribution in [0.25, 0.3) is 0 Å². The van der Waals surface area contributed by atoms with Gasteiger partial charge in [-0.25, -0.2) is 0 Å². The summed E-state index contributed by atoms with van der Waals surface area (Å²) in [6.07, 6.45) is 0. The third-order valence-electron chi connectivity index (χ3n) is 0.733. The first kappa shape index (κ1) is 23.1. The van der Waals surface area contributed by atoms with Crippen molar-refractivity contribution in [1.29, 1.82) is 0 Å². The van der Waals surface area contributed by atoms with Crippen molar-refractivity contribution in [3.63, 3.8) is 0 Å². The topological polar surface area (TPSA) is 51.2 Å². The van der Waals surface area contributed by atoms with Gasteiger partial charge in [0.15, 0.2) is 0 Å². The van der Waals surface area contributed by atoms with E-state index in [-0.39, 0.29) is 17.1 Å².